The van der Waals surface area contributed by atoms with E-state index >= 15 is 0 Å². The van der Waals surface area contributed by atoms with Crippen molar-refractivity contribution in [1.82, 2.24) is 0 Å². The second kappa shape index (κ2) is 8.90. The smallest absolute Gasteiger partial charge is 0.204 e. The van der Waals surface area contributed by atoms with Gasteiger partial charge < -0.3 is 24.7 Å². The molecule has 0 unspecified atom stereocenters. The number of hydrogen-bond acceptors (Lipinski definition) is 6. The molecule has 6 heteroatoms. The van der Waals surface area contributed by atoms with Crippen LogP contribution >= 0.6 is 0 Å². The lowest BCUT2D eigenvalue weighted by atomic mass is 9.92. The van der Waals surface area contributed by atoms with E-state index in [1.54, 1.807) is 25.3 Å². The van der Waals surface area contributed by atoms with Gasteiger partial charge in [-0.3, -0.25) is 4.79 Å². The molecule has 2 aromatic rings. The van der Waals surface area contributed by atoms with Gasteiger partial charge in [0.1, 0.15) is 19.0 Å². The third kappa shape index (κ3) is 4.31. The number of allylic oxidation sites excluding steroid dienone is 1. The maximum atomic E-state index is 13.2. The molecule has 0 saturated carbocycles. The Hall–Kier alpha value is -3.15. The minimum absolute atomic E-state index is 0.00630. The highest BCUT2D eigenvalue weighted by molar-refractivity contribution is 6.12. The van der Waals surface area contributed by atoms with Crippen molar-refractivity contribution < 1.29 is 23.7 Å². The highest BCUT2D eigenvalue weighted by Gasteiger charge is 2.22. The summed E-state index contributed by atoms with van der Waals surface area (Å²) in [5.41, 5.74) is 8.41. The first-order valence-electron chi connectivity index (χ1n) is 9.71. The van der Waals surface area contributed by atoms with Gasteiger partial charge in [0.15, 0.2) is 17.3 Å². The van der Waals surface area contributed by atoms with E-state index in [0.717, 1.165) is 5.56 Å². The van der Waals surface area contributed by atoms with Crippen LogP contribution in [0.3, 0.4) is 0 Å². The Bertz CT molecular complexity index is 933. The molecule has 6 nitrogen and oxygen atoms in total. The molecular weight excluding hydrogens is 370 g/mol. The van der Waals surface area contributed by atoms with Gasteiger partial charge in [0.2, 0.25) is 5.75 Å². The number of hydrogen-bond donors (Lipinski definition) is 1. The maximum Gasteiger partial charge on any atom is 0.204 e. The molecule has 1 aliphatic heterocycles. The number of ether oxygens (including phenoxy) is 4. The van der Waals surface area contributed by atoms with Crippen LogP contribution in [0.4, 0.5) is 5.69 Å². The second-order valence-corrected chi connectivity index (χ2v) is 6.98. The molecule has 2 N–H and O–H groups in total. The molecule has 0 bridgehead atoms. The molecule has 154 valence electrons. The monoisotopic (exact) mass is 397 g/mol. The van der Waals surface area contributed by atoms with Gasteiger partial charge in [0, 0.05) is 16.7 Å². The third-order valence-corrected chi connectivity index (χ3v) is 4.66. The molecule has 3 rings (SSSR count). The number of fused-ring (bicyclic) bond motifs is 1. The number of methoxy groups -OCH3 is 1. The average Bonchev–Trinajstić information content (AvgIpc) is 2.72. The van der Waals surface area contributed by atoms with Crippen LogP contribution in [0.2, 0.25) is 0 Å². The van der Waals surface area contributed by atoms with E-state index < -0.39 is 0 Å². The third-order valence-electron chi connectivity index (χ3n) is 4.66. The number of nitrogens with two attached hydrogens (primary N) is 1. The highest BCUT2D eigenvalue weighted by Crippen LogP contribution is 2.43. The fraction of sp³-hybridized carbons (Fsp3) is 0.348. The zero-order chi connectivity index (χ0) is 21.0. The summed E-state index contributed by atoms with van der Waals surface area (Å²) < 4.78 is 22.4. The van der Waals surface area contributed by atoms with E-state index in [9.17, 15) is 4.79 Å². The number of carbonyl (C=O) groups excluding carboxylic acids is 1. The fourth-order valence-electron chi connectivity index (χ4n) is 3.23. The van der Waals surface area contributed by atoms with Crippen molar-refractivity contribution in [2.24, 2.45) is 5.92 Å². The van der Waals surface area contributed by atoms with Crippen LogP contribution in [0.5, 0.6) is 23.0 Å². The summed E-state index contributed by atoms with van der Waals surface area (Å²) in [5.74, 6) is 2.24. The van der Waals surface area contributed by atoms with Crippen LogP contribution in [0.25, 0.3) is 6.08 Å². The summed E-state index contributed by atoms with van der Waals surface area (Å²) in [7, 11) is 1.58. The van der Waals surface area contributed by atoms with Gasteiger partial charge in [0.25, 0.3) is 0 Å². The van der Waals surface area contributed by atoms with Crippen LogP contribution in [0.15, 0.2) is 35.9 Å². The predicted molar refractivity (Wildman–Crippen MR) is 113 cm³/mol. The summed E-state index contributed by atoms with van der Waals surface area (Å²) in [5, 5.41) is 0. The summed E-state index contributed by atoms with van der Waals surface area (Å²) in [4.78, 5) is 13.2. The quantitative estimate of drug-likeness (QED) is 0.425. The largest absolute Gasteiger partial charge is 0.492 e. The predicted octanol–water partition coefficient (Wildman–Crippen LogP) is 4.37. The Morgan fingerprint density at radius 3 is 2.62 bits per heavy atom. The van der Waals surface area contributed by atoms with Crippen molar-refractivity contribution in [3.63, 3.8) is 0 Å². The zero-order valence-corrected chi connectivity index (χ0v) is 17.3. The van der Waals surface area contributed by atoms with Gasteiger partial charge in [-0.25, -0.2) is 0 Å². The van der Waals surface area contributed by atoms with Crippen molar-refractivity contribution in [3.8, 4) is 23.0 Å². The van der Waals surface area contributed by atoms with Crippen molar-refractivity contribution in [1.29, 1.82) is 0 Å². The summed E-state index contributed by atoms with van der Waals surface area (Å²) in [6.45, 7) is 7.31. The van der Waals surface area contributed by atoms with Gasteiger partial charge in [-0.05, 0) is 49.2 Å². The van der Waals surface area contributed by atoms with Crippen LogP contribution < -0.4 is 24.7 Å². The number of anilines is 1. The first-order chi connectivity index (χ1) is 14.0. The normalized spacial score (nSPS) is 13.3. The summed E-state index contributed by atoms with van der Waals surface area (Å²) >= 11 is 0. The Labute approximate surface area is 171 Å². The highest BCUT2D eigenvalue weighted by atomic mass is 16.6. The molecule has 0 spiro atoms. The van der Waals surface area contributed by atoms with Crippen LogP contribution in [0, 0.1) is 5.92 Å². The molecule has 1 heterocycles. The number of Topliss-reactive ketones (excluding diaryl/α,β-unsaturated/α-hetero) is 1. The number of rotatable bonds is 7. The van der Waals surface area contributed by atoms with Gasteiger partial charge in [-0.2, -0.15) is 0 Å². The van der Waals surface area contributed by atoms with Crippen molar-refractivity contribution in [2.75, 3.05) is 32.7 Å². The minimum Gasteiger partial charge on any atom is -0.492 e. The lowest BCUT2D eigenvalue weighted by molar-refractivity contribution is 0.102. The summed E-state index contributed by atoms with van der Waals surface area (Å²) in [6.07, 6.45) is 1.84. The minimum atomic E-state index is -0.0910. The van der Waals surface area contributed by atoms with E-state index in [1.807, 2.05) is 39.0 Å². The topological polar surface area (TPSA) is 80.0 Å². The van der Waals surface area contributed by atoms with Crippen molar-refractivity contribution in [2.45, 2.75) is 20.8 Å². The Morgan fingerprint density at radius 1 is 1.21 bits per heavy atom. The van der Waals surface area contributed by atoms with Gasteiger partial charge in [-0.15, -0.1) is 0 Å². The zero-order valence-electron chi connectivity index (χ0n) is 17.3. The molecule has 29 heavy (non-hydrogen) atoms. The van der Waals surface area contributed by atoms with Crippen molar-refractivity contribution >= 4 is 17.5 Å². The van der Waals surface area contributed by atoms with Crippen LogP contribution in [-0.4, -0.2) is 32.7 Å². The SMILES string of the molecule is CCOc1ccc(C(=O)C(=Cc2ccc3c(c2OC)OCCO3)C(C)C)cc1N. The van der Waals surface area contributed by atoms with Gasteiger partial charge >= 0.3 is 0 Å². The number of carbonyl (C=O) groups is 1. The van der Waals surface area contributed by atoms with Gasteiger partial charge in [-0.1, -0.05) is 13.8 Å². The lowest BCUT2D eigenvalue weighted by Crippen LogP contribution is -2.16. The molecule has 0 amide bonds. The van der Waals surface area contributed by atoms with E-state index in [0.29, 0.717) is 59.6 Å². The molecule has 0 aliphatic carbocycles. The number of benzene rings is 2. The maximum absolute atomic E-state index is 13.2. The summed E-state index contributed by atoms with van der Waals surface area (Å²) in [6, 6.07) is 8.83. The van der Waals surface area contributed by atoms with E-state index in [-0.39, 0.29) is 11.7 Å². The van der Waals surface area contributed by atoms with Crippen LogP contribution in [-0.2, 0) is 0 Å². The molecule has 2 aromatic carbocycles. The molecule has 0 atom stereocenters. The van der Waals surface area contributed by atoms with E-state index in [2.05, 4.69) is 0 Å². The lowest BCUT2D eigenvalue weighted by Gasteiger charge is -2.22. The van der Waals surface area contributed by atoms with E-state index in [4.69, 9.17) is 24.7 Å². The number of ketones is 1. The van der Waals surface area contributed by atoms with Gasteiger partial charge in [0.05, 0.1) is 19.4 Å². The fourth-order valence-corrected chi connectivity index (χ4v) is 3.23. The first-order valence-corrected chi connectivity index (χ1v) is 9.71. The molecule has 0 fully saturated rings. The standard InChI is InChI=1S/C23H27NO5/c1-5-27-19-8-6-15(13-18(19)24)21(25)17(14(2)3)12-16-7-9-20-23(22(16)26-4)29-11-10-28-20/h6-9,12-14H,5,10-11,24H2,1-4H3. The molecule has 1 aliphatic rings. The van der Waals surface area contributed by atoms with Crippen LogP contribution in [0.1, 0.15) is 36.7 Å². The first kappa shape index (κ1) is 20.6. The Balaban J connectivity index is 2.01. The Kier molecular flexibility index (Phi) is 6.32. The molecule has 0 aromatic heterocycles. The average molecular weight is 397 g/mol. The van der Waals surface area contributed by atoms with Crippen molar-refractivity contribution in [3.05, 3.63) is 47.0 Å². The molecule has 0 saturated heterocycles. The number of nitrogen functional groups attached to an aromatic ring is 1. The second-order valence-electron chi connectivity index (χ2n) is 6.98. The van der Waals surface area contributed by atoms with E-state index in [1.165, 1.54) is 0 Å². The Morgan fingerprint density at radius 2 is 1.97 bits per heavy atom. The molecular formula is C23H27NO5. The molecule has 0 radical (unpaired) electrons.